The second-order valence-electron chi connectivity index (χ2n) is 8.22. The number of hydrogen-bond donors (Lipinski definition) is 0. The molecular weight excluding hydrogens is 440 g/mol. The van der Waals surface area contributed by atoms with E-state index in [0.717, 1.165) is 31.6 Å². The maximum absolute atomic E-state index is 13.0. The Hall–Kier alpha value is -2.20. The summed E-state index contributed by atoms with van der Waals surface area (Å²) in [6.07, 6.45) is 4.55. The van der Waals surface area contributed by atoms with Crippen molar-refractivity contribution in [3.63, 3.8) is 0 Å². The van der Waals surface area contributed by atoms with Crippen LogP contribution in [0.1, 0.15) is 12.8 Å². The van der Waals surface area contributed by atoms with Gasteiger partial charge in [-0.2, -0.15) is 4.31 Å². The lowest BCUT2D eigenvalue weighted by atomic mass is 9.91. The molecule has 3 fully saturated rings. The molecule has 8 nitrogen and oxygen atoms in total. The Morgan fingerprint density at radius 3 is 2.42 bits per heavy atom. The van der Waals surface area contributed by atoms with E-state index < -0.39 is 21.9 Å². The monoisotopic (exact) mass is 462 g/mol. The van der Waals surface area contributed by atoms with E-state index in [1.54, 1.807) is 17.3 Å². The molecule has 0 radical (unpaired) electrons. The largest absolute Gasteiger partial charge is 0.371 e. The lowest BCUT2D eigenvalue weighted by molar-refractivity contribution is -0.144. The van der Waals surface area contributed by atoms with Crippen molar-refractivity contribution < 1.29 is 17.9 Å². The maximum atomic E-state index is 13.0. The predicted octanol–water partition coefficient (Wildman–Crippen LogP) is 1.96. The first-order valence-electron chi connectivity index (χ1n) is 10.2. The number of benzene rings is 1. The molecule has 0 N–H and O–H groups in total. The molecule has 1 amide bonds. The van der Waals surface area contributed by atoms with Gasteiger partial charge in [0.05, 0.1) is 30.1 Å². The number of fused-ring (bicyclic) bond motifs is 1. The first-order chi connectivity index (χ1) is 14.9. The number of anilines is 1. The molecule has 164 valence electrons. The zero-order valence-electron chi connectivity index (χ0n) is 16.9. The highest BCUT2D eigenvalue weighted by Gasteiger charge is 2.52. The quantitative estimate of drug-likeness (QED) is 0.693. The second-order valence-corrected chi connectivity index (χ2v) is 10.6. The zero-order chi connectivity index (χ0) is 21.6. The fourth-order valence-electron chi connectivity index (χ4n) is 4.61. The number of piperazine rings is 1. The molecular formula is C21H23ClN4O4S. The van der Waals surface area contributed by atoms with Crippen LogP contribution >= 0.6 is 11.6 Å². The molecule has 3 aliphatic heterocycles. The van der Waals surface area contributed by atoms with Crippen LogP contribution in [0.4, 0.5) is 5.69 Å². The standard InChI is InChI=1S/C21H23ClN4O4S/c22-16-1-3-18(4-2-16)31(28,29)25-13-19(27)26-15-21(30-20(26)14-25)7-11-24(12-8-21)17-5-9-23-10-6-17/h1-6,9-10,20H,7-8,11-15H2. The maximum Gasteiger partial charge on any atom is 0.243 e. The molecule has 1 aromatic carbocycles. The molecule has 0 bridgehead atoms. The van der Waals surface area contributed by atoms with Crippen molar-refractivity contribution in [1.82, 2.24) is 14.2 Å². The number of nitrogens with zero attached hydrogens (tertiary/aromatic N) is 4. The number of piperidine rings is 1. The van der Waals surface area contributed by atoms with E-state index in [4.69, 9.17) is 16.3 Å². The Balaban J connectivity index is 1.29. The number of rotatable bonds is 3. The number of carbonyl (C=O) groups excluding carboxylic acids is 1. The van der Waals surface area contributed by atoms with Gasteiger partial charge >= 0.3 is 0 Å². The molecule has 4 heterocycles. The molecule has 1 atom stereocenters. The summed E-state index contributed by atoms with van der Waals surface area (Å²) in [4.78, 5) is 21.0. The van der Waals surface area contributed by atoms with Crippen molar-refractivity contribution in [3.8, 4) is 0 Å². The number of sulfonamides is 1. The van der Waals surface area contributed by atoms with Crippen LogP contribution < -0.4 is 4.90 Å². The van der Waals surface area contributed by atoms with Gasteiger partial charge in [-0.25, -0.2) is 8.42 Å². The van der Waals surface area contributed by atoms with Crippen molar-refractivity contribution in [2.75, 3.05) is 37.6 Å². The van der Waals surface area contributed by atoms with Crippen LogP contribution in [0.3, 0.4) is 0 Å². The van der Waals surface area contributed by atoms with E-state index in [0.29, 0.717) is 11.6 Å². The van der Waals surface area contributed by atoms with Crippen molar-refractivity contribution in [2.45, 2.75) is 29.6 Å². The van der Waals surface area contributed by atoms with E-state index in [9.17, 15) is 13.2 Å². The number of amides is 1. The molecule has 3 aliphatic rings. The minimum Gasteiger partial charge on any atom is -0.371 e. The first-order valence-corrected chi connectivity index (χ1v) is 12.1. The van der Waals surface area contributed by atoms with E-state index in [1.165, 1.54) is 28.6 Å². The third kappa shape index (κ3) is 3.80. The van der Waals surface area contributed by atoms with Gasteiger partial charge in [-0.1, -0.05) is 11.6 Å². The number of pyridine rings is 1. The summed E-state index contributed by atoms with van der Waals surface area (Å²) in [5.74, 6) is -0.220. The summed E-state index contributed by atoms with van der Waals surface area (Å²) in [6.45, 7) is 2.09. The zero-order valence-corrected chi connectivity index (χ0v) is 18.4. The Bertz CT molecular complexity index is 1070. The molecule has 2 aromatic rings. The number of halogens is 1. The van der Waals surface area contributed by atoms with Crippen LogP contribution in [-0.2, 0) is 19.6 Å². The molecule has 5 rings (SSSR count). The molecule has 0 aliphatic carbocycles. The number of carbonyl (C=O) groups is 1. The molecule has 0 saturated carbocycles. The number of aromatic nitrogens is 1. The van der Waals surface area contributed by atoms with E-state index in [2.05, 4.69) is 9.88 Å². The predicted molar refractivity (Wildman–Crippen MR) is 115 cm³/mol. The van der Waals surface area contributed by atoms with Crippen LogP contribution in [0.15, 0.2) is 53.7 Å². The van der Waals surface area contributed by atoms with E-state index in [-0.39, 0.29) is 23.9 Å². The third-order valence-corrected chi connectivity index (χ3v) is 8.42. The molecule has 1 spiro atoms. The van der Waals surface area contributed by atoms with Crippen molar-refractivity contribution >= 4 is 33.2 Å². The Morgan fingerprint density at radius 2 is 1.74 bits per heavy atom. The Kier molecular flexibility index (Phi) is 5.16. The summed E-state index contributed by atoms with van der Waals surface area (Å²) in [5.41, 5.74) is 0.695. The van der Waals surface area contributed by atoms with Crippen molar-refractivity contribution in [3.05, 3.63) is 53.8 Å². The average molecular weight is 463 g/mol. The average Bonchev–Trinajstić information content (AvgIpc) is 3.13. The normalized spacial score (nSPS) is 23.9. The summed E-state index contributed by atoms with van der Waals surface area (Å²) >= 11 is 5.88. The van der Waals surface area contributed by atoms with Gasteiger partial charge in [-0.05, 0) is 49.2 Å². The van der Waals surface area contributed by atoms with E-state index >= 15 is 0 Å². The van der Waals surface area contributed by atoms with E-state index in [1.807, 2.05) is 12.1 Å². The lowest BCUT2D eigenvalue weighted by Crippen LogP contribution is -2.55. The van der Waals surface area contributed by atoms with Crippen LogP contribution in [0.25, 0.3) is 0 Å². The van der Waals surface area contributed by atoms with Crippen LogP contribution in [0.5, 0.6) is 0 Å². The smallest absolute Gasteiger partial charge is 0.243 e. The SMILES string of the molecule is O=C1CN(S(=O)(=O)c2ccc(Cl)cc2)CC2OC3(CCN(c4ccncc4)CC3)CN12. The van der Waals surface area contributed by atoms with Crippen LogP contribution in [0, 0.1) is 0 Å². The highest BCUT2D eigenvalue weighted by atomic mass is 35.5. The van der Waals surface area contributed by atoms with Crippen LogP contribution in [-0.4, -0.2) is 73.1 Å². The molecule has 1 aromatic heterocycles. The number of hydrogen-bond acceptors (Lipinski definition) is 6. The van der Waals surface area contributed by atoms with Crippen molar-refractivity contribution in [2.24, 2.45) is 0 Å². The van der Waals surface area contributed by atoms with Gasteiger partial charge in [-0.15, -0.1) is 0 Å². The fourth-order valence-corrected chi connectivity index (χ4v) is 6.12. The highest BCUT2D eigenvalue weighted by molar-refractivity contribution is 7.89. The summed E-state index contributed by atoms with van der Waals surface area (Å²) in [5, 5.41) is 0.457. The Labute approximate surface area is 186 Å². The highest BCUT2D eigenvalue weighted by Crippen LogP contribution is 2.38. The lowest BCUT2D eigenvalue weighted by Gasteiger charge is -2.39. The second kappa shape index (κ2) is 7.74. The summed E-state index contributed by atoms with van der Waals surface area (Å²) in [6, 6.07) is 9.95. The molecule has 1 unspecified atom stereocenters. The van der Waals surface area contributed by atoms with Crippen LogP contribution in [0.2, 0.25) is 5.02 Å². The topological polar surface area (TPSA) is 83.0 Å². The number of ether oxygens (including phenoxy) is 1. The third-order valence-electron chi connectivity index (χ3n) is 6.34. The van der Waals surface area contributed by atoms with Gasteiger partial charge in [0.25, 0.3) is 0 Å². The van der Waals surface area contributed by atoms with Gasteiger partial charge in [0.15, 0.2) is 0 Å². The molecule has 10 heteroatoms. The fraction of sp³-hybridized carbons (Fsp3) is 0.429. The minimum absolute atomic E-state index is 0.122. The summed E-state index contributed by atoms with van der Waals surface area (Å²) in [7, 11) is -3.80. The van der Waals surface area contributed by atoms with Gasteiger partial charge in [-0.3, -0.25) is 9.78 Å². The first kappa shape index (κ1) is 20.7. The Morgan fingerprint density at radius 1 is 1.06 bits per heavy atom. The molecule has 31 heavy (non-hydrogen) atoms. The summed E-state index contributed by atoms with van der Waals surface area (Å²) < 4.78 is 33.7. The van der Waals surface area contributed by atoms with Gasteiger partial charge in [0.2, 0.25) is 15.9 Å². The van der Waals surface area contributed by atoms with Gasteiger partial charge in [0, 0.05) is 36.2 Å². The van der Waals surface area contributed by atoms with Crippen molar-refractivity contribution in [1.29, 1.82) is 0 Å². The molecule has 3 saturated heterocycles. The van der Waals surface area contributed by atoms with Gasteiger partial charge in [0.1, 0.15) is 6.23 Å². The van der Waals surface area contributed by atoms with Gasteiger partial charge < -0.3 is 14.5 Å². The minimum atomic E-state index is -3.80.